The summed E-state index contributed by atoms with van der Waals surface area (Å²) < 4.78 is 11.9. The van der Waals surface area contributed by atoms with Crippen LogP contribution in [-0.2, 0) is 11.3 Å². The van der Waals surface area contributed by atoms with Gasteiger partial charge >= 0.3 is 6.03 Å². The van der Waals surface area contributed by atoms with Crippen LogP contribution in [-0.4, -0.2) is 106 Å². The van der Waals surface area contributed by atoms with Gasteiger partial charge in [-0.2, -0.15) is 0 Å². The molecule has 0 aliphatic carbocycles. The summed E-state index contributed by atoms with van der Waals surface area (Å²) in [5.41, 5.74) is 8.75. The Bertz CT molecular complexity index is 3010. The number of pyridine rings is 1. The molecule has 0 spiro atoms. The number of carbonyl (C=O) groups is 2. The summed E-state index contributed by atoms with van der Waals surface area (Å²) in [6, 6.07) is 37.9. The number of amidine groups is 1. The minimum atomic E-state index is -0.608. The second kappa shape index (κ2) is 20.8. The molecule has 2 fully saturated rings. The number of aliphatic hydroxyl groups is 1. The van der Waals surface area contributed by atoms with Crippen molar-refractivity contribution < 1.29 is 24.2 Å². The Morgan fingerprint density at radius 3 is 2.32 bits per heavy atom. The first-order valence-electron chi connectivity index (χ1n) is 24.1. The molecule has 0 unspecified atom stereocenters. The lowest BCUT2D eigenvalue weighted by Crippen LogP contribution is -2.56. The summed E-state index contributed by atoms with van der Waals surface area (Å²) in [6.45, 7) is 6.39. The van der Waals surface area contributed by atoms with E-state index < -0.39 is 12.1 Å². The number of ether oxygens (including phenoxy) is 2. The number of fused-ring (bicyclic) bond motifs is 3. The van der Waals surface area contributed by atoms with Crippen molar-refractivity contribution in [2.24, 2.45) is 10.9 Å². The Labute approximate surface area is 424 Å². The Morgan fingerprint density at radius 1 is 0.859 bits per heavy atom. The number of nitrogens with zero attached hydrogens (tertiary/aromatic N) is 6. The maximum absolute atomic E-state index is 15.2. The molecule has 5 heterocycles. The van der Waals surface area contributed by atoms with Gasteiger partial charge in [-0.1, -0.05) is 77.5 Å². The van der Waals surface area contributed by atoms with Crippen LogP contribution < -0.4 is 14.8 Å². The SMILES string of the molecule is COc1ccc(C2=N[C@H](c3ccc(Cl)cc3)[C@H](c3ccc(Cl)cc3)N2C(=O)N2CCN(CC#Cc3cccc(-c4ccc5c(c4)[C@H]4[C@H](CCN4Cc4ccncc4)[C@@H](CO)N5)c3)C(=O)C2)c(OC(C)C)c1. The van der Waals surface area contributed by atoms with Gasteiger partial charge < -0.3 is 29.7 Å². The third kappa shape index (κ3) is 10.1. The van der Waals surface area contributed by atoms with Crippen LogP contribution in [0.4, 0.5) is 10.5 Å². The normalized spacial score (nSPS) is 20.7. The van der Waals surface area contributed by atoms with E-state index in [1.54, 1.807) is 40.0 Å². The molecule has 10 rings (SSSR count). The molecule has 4 aliphatic rings. The van der Waals surface area contributed by atoms with E-state index in [-0.39, 0.29) is 62.3 Å². The zero-order valence-corrected chi connectivity index (χ0v) is 41.4. The van der Waals surface area contributed by atoms with Gasteiger partial charge in [0.25, 0.3) is 0 Å². The van der Waals surface area contributed by atoms with Crippen molar-refractivity contribution >= 4 is 46.7 Å². The third-order valence-electron chi connectivity index (χ3n) is 13.9. The number of hydrogen-bond donors (Lipinski definition) is 2. The Hall–Kier alpha value is -6.88. The highest BCUT2D eigenvalue weighted by Gasteiger charge is 2.46. The first kappa shape index (κ1) is 47.8. The molecule has 14 heteroatoms. The van der Waals surface area contributed by atoms with Gasteiger partial charge in [-0.3, -0.25) is 24.6 Å². The van der Waals surface area contributed by atoms with E-state index in [1.165, 1.54) is 11.1 Å². The standard InChI is InChI=1S/C57H55Cl2N7O5/c1-36(2)71-51-32-45(70-3)18-19-47(51)56-62-53(39-9-14-43(58)15-10-39)54(40-11-16-44(59)17-12-40)66(56)57(69)65-29-28-63(52(68)34-65)26-5-7-37-6-4-8-41(30-37)42-13-20-49-48(31-42)55-46(50(35-67)61-49)23-27-64(55)33-38-21-24-60-25-22-38/h4,6,8-22,24-25,30-32,36,46,50,53-55,61,67H,23,26-29,33-35H2,1-3H3/t46-,50-,53-,54+,55-/m1/s1. The molecular formula is C57H55Cl2N7O5. The van der Waals surface area contributed by atoms with E-state index in [9.17, 15) is 9.90 Å². The monoisotopic (exact) mass is 987 g/mol. The van der Waals surface area contributed by atoms with Crippen molar-refractivity contribution in [3.8, 4) is 34.5 Å². The summed E-state index contributed by atoms with van der Waals surface area (Å²) in [7, 11) is 1.59. The molecule has 12 nitrogen and oxygen atoms in total. The van der Waals surface area contributed by atoms with Crippen LogP contribution in [0.3, 0.4) is 0 Å². The quantitative estimate of drug-likeness (QED) is 0.123. The lowest BCUT2D eigenvalue weighted by molar-refractivity contribution is -0.134. The van der Waals surface area contributed by atoms with Crippen LogP contribution in [0.5, 0.6) is 11.5 Å². The maximum atomic E-state index is 15.2. The van der Waals surface area contributed by atoms with Gasteiger partial charge in [-0.25, -0.2) is 4.79 Å². The van der Waals surface area contributed by atoms with Crippen LogP contribution >= 0.6 is 23.2 Å². The molecule has 2 saturated heterocycles. The number of aliphatic hydroxyl groups excluding tert-OH is 1. The van der Waals surface area contributed by atoms with E-state index in [4.69, 9.17) is 37.7 Å². The number of halogens is 2. The summed E-state index contributed by atoms with van der Waals surface area (Å²) in [5.74, 6) is 8.16. The van der Waals surface area contributed by atoms with Crippen molar-refractivity contribution in [2.75, 3.05) is 51.8 Å². The number of piperazine rings is 1. The highest BCUT2D eigenvalue weighted by molar-refractivity contribution is 6.30. The number of nitrogens with one attached hydrogen (secondary N) is 1. The van der Waals surface area contributed by atoms with Gasteiger partial charge in [0.2, 0.25) is 5.91 Å². The van der Waals surface area contributed by atoms with E-state index in [1.807, 2.05) is 86.9 Å². The number of benzene rings is 5. The smallest absolute Gasteiger partial charge is 0.326 e. The van der Waals surface area contributed by atoms with Gasteiger partial charge in [-0.05, 0) is 133 Å². The second-order valence-corrected chi connectivity index (χ2v) is 19.6. The third-order valence-corrected chi connectivity index (χ3v) is 14.4. The fourth-order valence-electron chi connectivity index (χ4n) is 10.5. The predicted molar refractivity (Wildman–Crippen MR) is 278 cm³/mol. The molecule has 1 aromatic heterocycles. The number of rotatable bonds is 11. The molecule has 3 amide bonds. The molecule has 71 heavy (non-hydrogen) atoms. The fraction of sp³-hybridized carbons (Fsp3) is 0.298. The van der Waals surface area contributed by atoms with Crippen LogP contribution in [0.25, 0.3) is 11.1 Å². The highest BCUT2D eigenvalue weighted by atomic mass is 35.5. The predicted octanol–water partition coefficient (Wildman–Crippen LogP) is 10.1. The van der Waals surface area contributed by atoms with E-state index in [2.05, 4.69) is 69.5 Å². The molecule has 2 N–H and O–H groups in total. The minimum absolute atomic E-state index is 0.00769. The number of urea groups is 1. The number of aromatic nitrogens is 1. The van der Waals surface area contributed by atoms with Crippen LogP contribution in [0.15, 0.2) is 139 Å². The van der Waals surface area contributed by atoms with Gasteiger partial charge in [0, 0.05) is 71.4 Å². The maximum Gasteiger partial charge on any atom is 0.326 e. The topological polar surface area (TPSA) is 123 Å². The van der Waals surface area contributed by atoms with Gasteiger partial charge in [-0.15, -0.1) is 0 Å². The summed E-state index contributed by atoms with van der Waals surface area (Å²) in [4.78, 5) is 46.3. The first-order chi connectivity index (χ1) is 34.5. The van der Waals surface area contributed by atoms with E-state index in [0.29, 0.717) is 39.5 Å². The molecule has 4 aliphatic heterocycles. The Kier molecular flexibility index (Phi) is 14.0. The number of methoxy groups -OCH3 is 1. The lowest BCUT2D eigenvalue weighted by Gasteiger charge is -2.39. The van der Waals surface area contributed by atoms with Crippen molar-refractivity contribution in [3.05, 3.63) is 177 Å². The highest BCUT2D eigenvalue weighted by Crippen LogP contribution is 2.49. The Morgan fingerprint density at radius 2 is 1.61 bits per heavy atom. The number of likely N-dealkylation sites (tertiary alicyclic amines) is 1. The zero-order valence-electron chi connectivity index (χ0n) is 39.8. The van der Waals surface area contributed by atoms with Crippen LogP contribution in [0, 0.1) is 17.8 Å². The summed E-state index contributed by atoms with van der Waals surface area (Å²) >= 11 is 12.8. The van der Waals surface area contributed by atoms with Crippen molar-refractivity contribution in [3.63, 3.8) is 0 Å². The minimum Gasteiger partial charge on any atom is -0.497 e. The average Bonchev–Trinajstić information content (AvgIpc) is 3.99. The van der Waals surface area contributed by atoms with Crippen LogP contribution in [0.1, 0.15) is 71.8 Å². The first-order valence-corrected chi connectivity index (χ1v) is 24.8. The molecule has 5 atom stereocenters. The van der Waals surface area contributed by atoms with Gasteiger partial charge in [0.1, 0.15) is 29.9 Å². The molecule has 0 bridgehead atoms. The van der Waals surface area contributed by atoms with E-state index >= 15 is 4.79 Å². The molecule has 6 aromatic rings. The van der Waals surface area contributed by atoms with E-state index in [0.717, 1.165) is 53.0 Å². The molecular weight excluding hydrogens is 934 g/mol. The largest absolute Gasteiger partial charge is 0.497 e. The van der Waals surface area contributed by atoms with Gasteiger partial charge in [0.05, 0.1) is 44.0 Å². The average molecular weight is 989 g/mol. The molecule has 0 radical (unpaired) electrons. The molecule has 0 saturated carbocycles. The molecule has 5 aromatic carbocycles. The van der Waals surface area contributed by atoms with Crippen molar-refractivity contribution in [2.45, 2.75) is 57.1 Å². The second-order valence-electron chi connectivity index (χ2n) is 18.7. The summed E-state index contributed by atoms with van der Waals surface area (Å²) in [5, 5.41) is 15.1. The number of aliphatic imine (C=N–C) groups is 1. The number of carbonyl (C=O) groups excluding carboxylic acids is 2. The lowest BCUT2D eigenvalue weighted by atomic mass is 9.82. The number of hydrogen-bond acceptors (Lipinski definition) is 9. The summed E-state index contributed by atoms with van der Waals surface area (Å²) in [6.07, 6.45) is 4.49. The van der Waals surface area contributed by atoms with Gasteiger partial charge in [0.15, 0.2) is 0 Å². The van der Waals surface area contributed by atoms with Crippen LogP contribution in [0.2, 0.25) is 10.0 Å². The molecule has 362 valence electrons. The number of amides is 3. The zero-order chi connectivity index (χ0) is 49.2. The van der Waals surface area contributed by atoms with Crippen molar-refractivity contribution in [1.29, 1.82) is 0 Å². The Balaban J connectivity index is 0.878. The number of anilines is 1. The van der Waals surface area contributed by atoms with Crippen molar-refractivity contribution in [1.82, 2.24) is 24.6 Å². The fourth-order valence-corrected chi connectivity index (χ4v) is 10.7.